The first-order valence-corrected chi connectivity index (χ1v) is 6.17. The van der Waals surface area contributed by atoms with Crippen molar-refractivity contribution >= 4 is 17.3 Å². The Labute approximate surface area is 120 Å². The molecule has 110 valence electrons. The monoisotopic (exact) mass is 292 g/mol. The van der Waals surface area contributed by atoms with Gasteiger partial charge < -0.3 is 15.7 Å². The van der Waals surface area contributed by atoms with Crippen molar-refractivity contribution in [2.75, 3.05) is 17.7 Å². The molecular weight excluding hydrogens is 278 g/mol. The zero-order valence-electron chi connectivity index (χ0n) is 11.3. The average molecular weight is 292 g/mol. The van der Waals surface area contributed by atoms with Gasteiger partial charge in [0, 0.05) is 19.2 Å². The Morgan fingerprint density at radius 2 is 2.00 bits per heavy atom. The summed E-state index contributed by atoms with van der Waals surface area (Å²) >= 11 is 0. The van der Waals surface area contributed by atoms with Crippen LogP contribution in [0.3, 0.4) is 0 Å². The van der Waals surface area contributed by atoms with Gasteiger partial charge in [-0.15, -0.1) is 0 Å². The molecule has 3 N–H and O–H groups in total. The van der Waals surface area contributed by atoms with E-state index in [4.69, 9.17) is 10.8 Å². The number of carboxylic acids is 1. The average Bonchev–Trinajstić information content (AvgIpc) is 2.43. The summed E-state index contributed by atoms with van der Waals surface area (Å²) in [6, 6.07) is 8.24. The van der Waals surface area contributed by atoms with E-state index >= 15 is 0 Å². The number of benzene rings is 2. The summed E-state index contributed by atoms with van der Waals surface area (Å²) in [4.78, 5) is 12.5. The van der Waals surface area contributed by atoms with Crippen molar-refractivity contribution in [2.45, 2.75) is 6.54 Å². The summed E-state index contributed by atoms with van der Waals surface area (Å²) in [5.41, 5.74) is 6.88. The smallest absolute Gasteiger partial charge is 0.335 e. The molecule has 6 heteroatoms. The van der Waals surface area contributed by atoms with Crippen LogP contribution in [-0.2, 0) is 6.54 Å². The number of anilines is 2. The van der Waals surface area contributed by atoms with Gasteiger partial charge in [-0.3, -0.25) is 0 Å². The van der Waals surface area contributed by atoms with E-state index in [0.29, 0.717) is 5.69 Å². The molecule has 0 aliphatic rings. The lowest BCUT2D eigenvalue weighted by Gasteiger charge is -2.21. The fourth-order valence-electron chi connectivity index (χ4n) is 2.05. The highest BCUT2D eigenvalue weighted by Crippen LogP contribution is 2.25. The minimum Gasteiger partial charge on any atom is -0.478 e. The minimum absolute atomic E-state index is 0.0709. The number of nitrogen functional groups attached to an aromatic ring is 1. The van der Waals surface area contributed by atoms with E-state index in [1.54, 1.807) is 11.9 Å². The lowest BCUT2D eigenvalue weighted by atomic mass is 10.1. The number of nitrogens with two attached hydrogens (primary N) is 1. The molecule has 0 heterocycles. The summed E-state index contributed by atoms with van der Waals surface area (Å²) in [7, 11) is 1.66. The first kappa shape index (κ1) is 14.8. The molecule has 0 aliphatic carbocycles. The van der Waals surface area contributed by atoms with Gasteiger partial charge in [0.15, 0.2) is 11.6 Å². The van der Waals surface area contributed by atoms with Gasteiger partial charge in [0.2, 0.25) is 0 Å². The Bertz CT molecular complexity index is 689. The lowest BCUT2D eigenvalue weighted by molar-refractivity contribution is 0.0697. The topological polar surface area (TPSA) is 66.6 Å². The second-order valence-corrected chi connectivity index (χ2v) is 4.65. The van der Waals surface area contributed by atoms with Crippen LogP contribution in [0.5, 0.6) is 0 Å². The van der Waals surface area contributed by atoms with Gasteiger partial charge in [-0.25, -0.2) is 13.6 Å². The lowest BCUT2D eigenvalue weighted by Crippen LogP contribution is -2.19. The van der Waals surface area contributed by atoms with Gasteiger partial charge in [-0.2, -0.15) is 0 Å². The molecule has 0 amide bonds. The maximum Gasteiger partial charge on any atom is 0.335 e. The van der Waals surface area contributed by atoms with E-state index in [1.807, 2.05) is 0 Å². The van der Waals surface area contributed by atoms with E-state index in [1.165, 1.54) is 30.3 Å². The predicted molar refractivity (Wildman–Crippen MR) is 76.3 cm³/mol. The van der Waals surface area contributed by atoms with Crippen LogP contribution in [0.1, 0.15) is 15.9 Å². The quantitative estimate of drug-likeness (QED) is 0.850. The van der Waals surface area contributed by atoms with Gasteiger partial charge in [0.25, 0.3) is 0 Å². The number of hydrogen-bond donors (Lipinski definition) is 2. The van der Waals surface area contributed by atoms with Crippen molar-refractivity contribution in [1.29, 1.82) is 0 Å². The molecule has 2 rings (SSSR count). The number of nitrogens with zero attached hydrogens (tertiary/aromatic N) is 1. The van der Waals surface area contributed by atoms with Crippen LogP contribution in [0.15, 0.2) is 36.4 Å². The van der Waals surface area contributed by atoms with Crippen LogP contribution in [0.4, 0.5) is 20.2 Å². The van der Waals surface area contributed by atoms with Crippen LogP contribution in [0.25, 0.3) is 0 Å². The third kappa shape index (κ3) is 3.10. The first-order chi connectivity index (χ1) is 9.90. The Morgan fingerprint density at radius 3 is 2.62 bits per heavy atom. The molecule has 0 aromatic heterocycles. The van der Waals surface area contributed by atoms with Crippen LogP contribution < -0.4 is 10.6 Å². The fraction of sp³-hybridized carbons (Fsp3) is 0.133. The van der Waals surface area contributed by atoms with Crippen LogP contribution >= 0.6 is 0 Å². The maximum atomic E-state index is 13.6. The molecule has 0 aliphatic heterocycles. The first-order valence-electron chi connectivity index (χ1n) is 6.17. The summed E-state index contributed by atoms with van der Waals surface area (Å²) < 4.78 is 26.8. The highest BCUT2D eigenvalue weighted by molar-refractivity contribution is 5.90. The van der Waals surface area contributed by atoms with Gasteiger partial charge >= 0.3 is 5.97 Å². The van der Waals surface area contributed by atoms with E-state index in [9.17, 15) is 13.6 Å². The van der Waals surface area contributed by atoms with E-state index in [-0.39, 0.29) is 23.4 Å². The zero-order chi connectivity index (χ0) is 15.6. The summed E-state index contributed by atoms with van der Waals surface area (Å²) in [5.74, 6) is -2.88. The Balaban J connectivity index is 2.26. The second-order valence-electron chi connectivity index (χ2n) is 4.65. The molecule has 0 saturated carbocycles. The molecule has 4 nitrogen and oxygen atoms in total. The number of hydrogen-bond acceptors (Lipinski definition) is 3. The molecule has 21 heavy (non-hydrogen) atoms. The van der Waals surface area contributed by atoms with Crippen molar-refractivity contribution in [3.8, 4) is 0 Å². The van der Waals surface area contributed by atoms with E-state index in [0.717, 1.165) is 6.07 Å². The van der Waals surface area contributed by atoms with Crippen LogP contribution in [0, 0.1) is 11.6 Å². The molecule has 0 atom stereocenters. The van der Waals surface area contributed by atoms with Gasteiger partial charge in [0.05, 0.1) is 16.9 Å². The molecule has 0 saturated heterocycles. The zero-order valence-corrected chi connectivity index (χ0v) is 11.3. The van der Waals surface area contributed by atoms with Crippen molar-refractivity contribution < 1.29 is 18.7 Å². The SMILES string of the molecule is CN(Cc1cccc(F)c1F)c1ccc(C(=O)O)cc1N. The molecule has 0 fully saturated rings. The van der Waals surface area contributed by atoms with Crippen LogP contribution in [-0.4, -0.2) is 18.1 Å². The molecule has 0 spiro atoms. The molecule has 0 radical (unpaired) electrons. The number of halogens is 2. The van der Waals surface area contributed by atoms with Crippen molar-refractivity contribution in [3.05, 3.63) is 59.2 Å². The number of carboxylic acid groups (broad SMARTS) is 1. The van der Waals surface area contributed by atoms with Crippen molar-refractivity contribution in [3.63, 3.8) is 0 Å². The molecular formula is C15H14F2N2O2. The Hall–Kier alpha value is -2.63. The summed E-state index contributed by atoms with van der Waals surface area (Å²) in [6.07, 6.45) is 0. The van der Waals surface area contributed by atoms with Crippen molar-refractivity contribution in [2.24, 2.45) is 0 Å². The number of aromatic carboxylic acids is 1. The normalized spacial score (nSPS) is 10.4. The van der Waals surface area contributed by atoms with Gasteiger partial charge in [-0.05, 0) is 24.3 Å². The Morgan fingerprint density at radius 1 is 1.29 bits per heavy atom. The third-order valence-corrected chi connectivity index (χ3v) is 3.12. The van der Waals surface area contributed by atoms with E-state index < -0.39 is 17.6 Å². The summed E-state index contributed by atoms with van der Waals surface area (Å²) in [5, 5.41) is 8.88. The minimum atomic E-state index is -1.08. The van der Waals surface area contributed by atoms with Crippen molar-refractivity contribution in [1.82, 2.24) is 0 Å². The highest BCUT2D eigenvalue weighted by atomic mass is 19.2. The molecule has 0 bridgehead atoms. The molecule has 2 aromatic carbocycles. The number of carbonyl (C=O) groups is 1. The maximum absolute atomic E-state index is 13.6. The van der Waals surface area contributed by atoms with E-state index in [2.05, 4.69) is 0 Å². The predicted octanol–water partition coefficient (Wildman–Crippen LogP) is 2.88. The summed E-state index contributed by atoms with van der Waals surface area (Å²) in [6.45, 7) is 0.111. The van der Waals surface area contributed by atoms with Gasteiger partial charge in [-0.1, -0.05) is 12.1 Å². The second kappa shape index (κ2) is 5.78. The standard InChI is InChI=1S/C15H14F2N2O2/c1-19(8-10-3-2-4-11(16)14(10)17)13-6-5-9(15(20)21)7-12(13)18/h2-7H,8,18H2,1H3,(H,20,21). The third-order valence-electron chi connectivity index (χ3n) is 3.12. The largest absolute Gasteiger partial charge is 0.478 e. The molecule has 0 unspecified atom stereocenters. The van der Waals surface area contributed by atoms with Crippen LogP contribution in [0.2, 0.25) is 0 Å². The fourth-order valence-corrected chi connectivity index (χ4v) is 2.05. The van der Waals surface area contributed by atoms with Gasteiger partial charge in [0.1, 0.15) is 0 Å². The highest BCUT2D eigenvalue weighted by Gasteiger charge is 2.13. The molecule has 2 aromatic rings. The number of rotatable bonds is 4. The Kier molecular flexibility index (Phi) is 4.07.